The highest BCUT2D eigenvalue weighted by Gasteiger charge is 2.33. The SMILES string of the molecule is CC(C)(C)OC(=O)NC1CC(n2cnc([N+](=O)[O-])c2)C1. The van der Waals surface area contributed by atoms with E-state index in [0.29, 0.717) is 12.8 Å². The molecule has 0 saturated heterocycles. The van der Waals surface area contributed by atoms with E-state index in [1.165, 1.54) is 12.5 Å². The zero-order valence-corrected chi connectivity index (χ0v) is 11.7. The van der Waals surface area contributed by atoms with E-state index >= 15 is 0 Å². The van der Waals surface area contributed by atoms with Crippen molar-refractivity contribution in [3.63, 3.8) is 0 Å². The molecular weight excluding hydrogens is 264 g/mol. The van der Waals surface area contributed by atoms with Crippen LogP contribution >= 0.6 is 0 Å². The van der Waals surface area contributed by atoms with Crippen LogP contribution in [0.2, 0.25) is 0 Å². The van der Waals surface area contributed by atoms with Gasteiger partial charge >= 0.3 is 11.9 Å². The normalized spacial score (nSPS) is 21.9. The molecule has 0 aliphatic heterocycles. The molecule has 1 aliphatic rings. The number of ether oxygens (including phenoxy) is 1. The maximum atomic E-state index is 11.6. The Balaban J connectivity index is 1.79. The van der Waals surface area contributed by atoms with Crippen LogP contribution in [0.25, 0.3) is 0 Å². The lowest BCUT2D eigenvalue weighted by atomic mass is 9.87. The Morgan fingerprint density at radius 1 is 1.55 bits per heavy atom. The molecule has 8 nitrogen and oxygen atoms in total. The topological polar surface area (TPSA) is 99.3 Å². The van der Waals surface area contributed by atoms with E-state index in [2.05, 4.69) is 10.3 Å². The number of rotatable bonds is 3. The predicted octanol–water partition coefficient (Wildman–Crippen LogP) is 2.02. The number of carbonyl (C=O) groups is 1. The molecule has 1 fully saturated rings. The van der Waals surface area contributed by atoms with Crippen LogP contribution < -0.4 is 5.32 Å². The summed E-state index contributed by atoms with van der Waals surface area (Å²) in [4.78, 5) is 25.3. The van der Waals surface area contributed by atoms with Gasteiger partial charge in [-0.3, -0.25) is 0 Å². The number of carbonyl (C=O) groups excluding carboxylic acids is 1. The van der Waals surface area contributed by atoms with E-state index in [4.69, 9.17) is 4.74 Å². The minimum absolute atomic E-state index is 0.0382. The molecule has 1 heterocycles. The van der Waals surface area contributed by atoms with Gasteiger partial charge in [0.05, 0.1) is 0 Å². The Bertz CT molecular complexity index is 514. The highest BCUT2D eigenvalue weighted by molar-refractivity contribution is 5.68. The van der Waals surface area contributed by atoms with Crippen molar-refractivity contribution < 1.29 is 14.5 Å². The van der Waals surface area contributed by atoms with Gasteiger partial charge in [0.2, 0.25) is 6.33 Å². The Hall–Kier alpha value is -2.12. The molecule has 1 amide bonds. The molecule has 0 spiro atoms. The fraction of sp³-hybridized carbons (Fsp3) is 0.667. The number of hydrogen-bond acceptors (Lipinski definition) is 5. The Morgan fingerprint density at radius 3 is 2.70 bits per heavy atom. The minimum Gasteiger partial charge on any atom is -0.444 e. The fourth-order valence-corrected chi connectivity index (χ4v) is 2.04. The lowest BCUT2D eigenvalue weighted by molar-refractivity contribution is -0.389. The van der Waals surface area contributed by atoms with E-state index in [0.717, 1.165) is 0 Å². The maximum absolute atomic E-state index is 11.6. The van der Waals surface area contributed by atoms with Crippen LogP contribution in [0.15, 0.2) is 12.5 Å². The summed E-state index contributed by atoms with van der Waals surface area (Å²) in [6.45, 7) is 5.42. The van der Waals surface area contributed by atoms with E-state index in [1.54, 1.807) is 25.3 Å². The lowest BCUT2D eigenvalue weighted by Crippen LogP contribution is -2.46. The van der Waals surface area contributed by atoms with Gasteiger partial charge in [-0.2, -0.15) is 0 Å². The zero-order chi connectivity index (χ0) is 14.9. The van der Waals surface area contributed by atoms with Crippen LogP contribution in [0.5, 0.6) is 0 Å². The summed E-state index contributed by atoms with van der Waals surface area (Å²) in [7, 11) is 0. The summed E-state index contributed by atoms with van der Waals surface area (Å²) in [6, 6.07) is 0.174. The third-order valence-electron chi connectivity index (χ3n) is 3.03. The number of amides is 1. The zero-order valence-electron chi connectivity index (χ0n) is 11.7. The molecule has 0 unspecified atom stereocenters. The van der Waals surface area contributed by atoms with Crippen molar-refractivity contribution in [2.45, 2.75) is 51.3 Å². The molecule has 0 atom stereocenters. The van der Waals surface area contributed by atoms with E-state index in [-0.39, 0.29) is 17.9 Å². The number of aromatic nitrogens is 2. The van der Waals surface area contributed by atoms with Crippen LogP contribution in [-0.2, 0) is 4.74 Å². The second-order valence-corrected chi connectivity index (χ2v) is 5.90. The molecule has 8 heteroatoms. The Kier molecular flexibility index (Phi) is 3.65. The van der Waals surface area contributed by atoms with Gasteiger partial charge in [0.1, 0.15) is 11.8 Å². The van der Waals surface area contributed by atoms with Crippen molar-refractivity contribution in [3.05, 3.63) is 22.6 Å². The third kappa shape index (κ3) is 3.46. The van der Waals surface area contributed by atoms with Crippen molar-refractivity contribution in [2.75, 3.05) is 0 Å². The standard InChI is InChI=1S/C12H18N4O4/c1-12(2,3)20-11(17)14-8-4-9(5-8)15-6-10(13-7-15)16(18)19/h6-9H,4-5H2,1-3H3,(H,14,17). The van der Waals surface area contributed by atoms with Crippen LogP contribution in [0.4, 0.5) is 10.6 Å². The van der Waals surface area contributed by atoms with Gasteiger partial charge in [0.15, 0.2) is 0 Å². The lowest BCUT2D eigenvalue weighted by Gasteiger charge is -2.36. The van der Waals surface area contributed by atoms with Crippen molar-refractivity contribution in [2.24, 2.45) is 0 Å². The number of hydrogen-bond donors (Lipinski definition) is 1. The largest absolute Gasteiger partial charge is 0.444 e. The third-order valence-corrected chi connectivity index (χ3v) is 3.03. The fourth-order valence-electron chi connectivity index (χ4n) is 2.04. The Morgan fingerprint density at radius 2 is 2.20 bits per heavy atom. The first-order chi connectivity index (χ1) is 9.24. The van der Waals surface area contributed by atoms with Gasteiger partial charge in [0.25, 0.3) is 0 Å². The molecule has 1 aromatic heterocycles. The highest BCUT2D eigenvalue weighted by Crippen LogP contribution is 2.33. The molecule has 0 aromatic carbocycles. The van der Waals surface area contributed by atoms with E-state index in [9.17, 15) is 14.9 Å². The second-order valence-electron chi connectivity index (χ2n) is 5.90. The molecule has 1 N–H and O–H groups in total. The smallest absolute Gasteiger partial charge is 0.407 e. The van der Waals surface area contributed by atoms with Crippen LogP contribution in [0, 0.1) is 10.1 Å². The highest BCUT2D eigenvalue weighted by atomic mass is 16.6. The van der Waals surface area contributed by atoms with Gasteiger partial charge in [-0.05, 0) is 43.5 Å². The van der Waals surface area contributed by atoms with Gasteiger partial charge in [-0.1, -0.05) is 0 Å². The molecule has 0 radical (unpaired) electrons. The van der Waals surface area contributed by atoms with Gasteiger partial charge < -0.3 is 24.7 Å². The molecule has 1 aromatic rings. The minimum atomic E-state index is -0.522. The second kappa shape index (κ2) is 5.10. The van der Waals surface area contributed by atoms with Crippen molar-refractivity contribution in [1.82, 2.24) is 14.9 Å². The summed E-state index contributed by atoms with van der Waals surface area (Å²) in [6.07, 6.45) is 3.86. The molecule has 2 rings (SSSR count). The molecule has 110 valence electrons. The van der Waals surface area contributed by atoms with Crippen molar-refractivity contribution in [3.8, 4) is 0 Å². The number of nitrogens with zero attached hydrogens (tertiary/aromatic N) is 3. The van der Waals surface area contributed by atoms with Gasteiger partial charge in [-0.25, -0.2) is 4.79 Å². The molecule has 0 bridgehead atoms. The summed E-state index contributed by atoms with van der Waals surface area (Å²) < 4.78 is 6.88. The molecule has 1 aliphatic carbocycles. The van der Waals surface area contributed by atoms with Crippen LogP contribution in [-0.4, -0.2) is 32.2 Å². The Labute approximate surface area is 116 Å². The molecular formula is C12H18N4O4. The monoisotopic (exact) mass is 282 g/mol. The number of alkyl carbamates (subject to hydrolysis) is 1. The van der Waals surface area contributed by atoms with Crippen LogP contribution in [0.1, 0.15) is 39.7 Å². The first-order valence-electron chi connectivity index (χ1n) is 6.42. The predicted molar refractivity (Wildman–Crippen MR) is 70.3 cm³/mol. The van der Waals surface area contributed by atoms with E-state index in [1.807, 2.05) is 0 Å². The number of imidazole rings is 1. The first kappa shape index (κ1) is 14.3. The van der Waals surface area contributed by atoms with Crippen LogP contribution in [0.3, 0.4) is 0 Å². The average molecular weight is 282 g/mol. The molecule has 20 heavy (non-hydrogen) atoms. The summed E-state index contributed by atoms with van der Waals surface area (Å²) in [5, 5.41) is 13.3. The quantitative estimate of drug-likeness (QED) is 0.675. The summed E-state index contributed by atoms with van der Waals surface area (Å²) in [5.74, 6) is -0.159. The van der Waals surface area contributed by atoms with Crippen molar-refractivity contribution >= 4 is 11.9 Å². The molecule has 1 saturated carbocycles. The van der Waals surface area contributed by atoms with Gasteiger partial charge in [0, 0.05) is 12.1 Å². The maximum Gasteiger partial charge on any atom is 0.407 e. The average Bonchev–Trinajstić information content (AvgIpc) is 2.68. The number of nitro groups is 1. The summed E-state index contributed by atoms with van der Waals surface area (Å²) >= 11 is 0. The summed E-state index contributed by atoms with van der Waals surface area (Å²) in [5.41, 5.74) is -0.516. The van der Waals surface area contributed by atoms with E-state index < -0.39 is 16.6 Å². The van der Waals surface area contributed by atoms with Crippen molar-refractivity contribution in [1.29, 1.82) is 0 Å². The van der Waals surface area contributed by atoms with Gasteiger partial charge in [-0.15, -0.1) is 0 Å². The number of nitrogens with one attached hydrogen (secondary N) is 1. The first-order valence-corrected chi connectivity index (χ1v) is 6.42.